The van der Waals surface area contributed by atoms with Crippen LogP contribution < -0.4 is 4.90 Å². The van der Waals surface area contributed by atoms with Crippen LogP contribution in [0.5, 0.6) is 0 Å². The second-order valence-electron chi connectivity index (χ2n) is 7.93. The first kappa shape index (κ1) is 20.5. The van der Waals surface area contributed by atoms with Crippen LogP contribution in [0.25, 0.3) is 5.76 Å². The van der Waals surface area contributed by atoms with E-state index >= 15 is 0 Å². The zero-order valence-corrected chi connectivity index (χ0v) is 17.9. The van der Waals surface area contributed by atoms with Crippen molar-refractivity contribution in [2.45, 2.75) is 33.7 Å². The molecule has 1 fully saturated rings. The Hall–Kier alpha value is -3.80. The van der Waals surface area contributed by atoms with E-state index in [0.29, 0.717) is 11.3 Å². The van der Waals surface area contributed by atoms with Gasteiger partial charge in [-0.05, 0) is 51.0 Å². The number of Topliss-reactive ketones (excluding diaryl/α,β-unsaturated/α-hetero) is 1. The second kappa shape index (κ2) is 7.80. The number of benzene rings is 2. The van der Waals surface area contributed by atoms with Gasteiger partial charge >= 0.3 is 5.91 Å². The minimum absolute atomic E-state index is 0.0446. The molecule has 6 heteroatoms. The van der Waals surface area contributed by atoms with E-state index in [1.807, 2.05) is 51.1 Å². The van der Waals surface area contributed by atoms with E-state index < -0.39 is 17.7 Å². The van der Waals surface area contributed by atoms with E-state index in [0.717, 1.165) is 22.3 Å². The summed E-state index contributed by atoms with van der Waals surface area (Å²) in [7, 11) is 0. The molecule has 2 aromatic carbocycles. The van der Waals surface area contributed by atoms with E-state index in [-0.39, 0.29) is 17.2 Å². The zero-order chi connectivity index (χ0) is 22.3. The van der Waals surface area contributed by atoms with Crippen molar-refractivity contribution >= 4 is 23.3 Å². The molecule has 1 aliphatic rings. The minimum Gasteiger partial charge on any atom is -0.507 e. The average molecular weight is 413 g/mol. The minimum atomic E-state index is -0.807. The van der Waals surface area contributed by atoms with E-state index in [9.17, 15) is 14.7 Å². The van der Waals surface area contributed by atoms with Gasteiger partial charge < -0.3 is 5.11 Å². The van der Waals surface area contributed by atoms with Crippen LogP contribution in [0.4, 0.5) is 5.82 Å². The third-order valence-corrected chi connectivity index (χ3v) is 5.52. The van der Waals surface area contributed by atoms with Crippen LogP contribution in [0.2, 0.25) is 0 Å². The van der Waals surface area contributed by atoms with E-state index in [4.69, 9.17) is 0 Å². The summed E-state index contributed by atoms with van der Waals surface area (Å²) in [6, 6.07) is 15.6. The van der Waals surface area contributed by atoms with Gasteiger partial charge in [-0.3, -0.25) is 14.5 Å². The number of aliphatic hydroxyl groups is 1. The van der Waals surface area contributed by atoms with Crippen molar-refractivity contribution in [2.24, 2.45) is 0 Å². The number of hydrogen-bond donors (Lipinski definition) is 1. The van der Waals surface area contributed by atoms with Gasteiger partial charge in [0.25, 0.3) is 5.78 Å². The van der Waals surface area contributed by atoms with Gasteiger partial charge in [-0.2, -0.15) is 5.10 Å². The molecule has 0 spiro atoms. The van der Waals surface area contributed by atoms with Crippen molar-refractivity contribution in [1.82, 2.24) is 10.2 Å². The molecule has 156 valence electrons. The highest BCUT2D eigenvalue weighted by Gasteiger charge is 2.48. The molecule has 4 rings (SSSR count). The lowest BCUT2D eigenvalue weighted by Gasteiger charge is -2.25. The Morgan fingerprint density at radius 1 is 0.871 bits per heavy atom. The average Bonchev–Trinajstić information content (AvgIpc) is 2.99. The molecule has 0 aliphatic carbocycles. The number of nitrogens with zero attached hydrogens (tertiary/aromatic N) is 3. The highest BCUT2D eigenvalue weighted by Crippen LogP contribution is 2.42. The molecule has 0 bridgehead atoms. The number of hydrogen-bond acceptors (Lipinski definition) is 5. The summed E-state index contributed by atoms with van der Waals surface area (Å²) < 4.78 is 0. The molecule has 0 radical (unpaired) electrons. The first-order valence-corrected chi connectivity index (χ1v) is 10.0. The normalized spacial score (nSPS) is 17.9. The molecule has 1 amide bonds. The lowest BCUT2D eigenvalue weighted by molar-refractivity contribution is -0.132. The third kappa shape index (κ3) is 3.61. The Morgan fingerprint density at radius 2 is 1.55 bits per heavy atom. The maximum absolute atomic E-state index is 13.1. The lowest BCUT2D eigenvalue weighted by atomic mass is 9.91. The van der Waals surface area contributed by atoms with Gasteiger partial charge in [-0.25, -0.2) is 0 Å². The van der Waals surface area contributed by atoms with Gasteiger partial charge in [0, 0.05) is 5.56 Å². The molecule has 2 heterocycles. The first-order chi connectivity index (χ1) is 14.8. The summed E-state index contributed by atoms with van der Waals surface area (Å²) in [6.45, 7) is 7.64. The van der Waals surface area contributed by atoms with E-state index in [2.05, 4.69) is 10.2 Å². The number of aromatic nitrogens is 2. The summed E-state index contributed by atoms with van der Waals surface area (Å²) in [4.78, 5) is 27.6. The fourth-order valence-electron chi connectivity index (χ4n) is 3.88. The Labute approximate surface area is 180 Å². The molecule has 1 saturated heterocycles. The second-order valence-corrected chi connectivity index (χ2v) is 7.93. The summed E-state index contributed by atoms with van der Waals surface area (Å²) in [5.41, 5.74) is 4.97. The molecule has 1 atom stereocenters. The first-order valence-electron chi connectivity index (χ1n) is 10.0. The van der Waals surface area contributed by atoms with Gasteiger partial charge in [0.05, 0.1) is 17.3 Å². The predicted molar refractivity (Wildman–Crippen MR) is 119 cm³/mol. The van der Waals surface area contributed by atoms with Gasteiger partial charge in [0.2, 0.25) is 0 Å². The molecule has 1 N–H and O–H groups in total. The van der Waals surface area contributed by atoms with Crippen molar-refractivity contribution in [1.29, 1.82) is 0 Å². The highest BCUT2D eigenvalue weighted by atomic mass is 16.3. The maximum atomic E-state index is 13.1. The van der Waals surface area contributed by atoms with Crippen molar-refractivity contribution in [3.8, 4) is 0 Å². The number of anilines is 1. The monoisotopic (exact) mass is 413 g/mol. The van der Waals surface area contributed by atoms with Crippen molar-refractivity contribution < 1.29 is 14.7 Å². The number of aryl methyl sites for hydroxylation is 4. The number of carbonyl (C=O) groups is 2. The van der Waals surface area contributed by atoms with Crippen LogP contribution in [-0.4, -0.2) is 27.0 Å². The SMILES string of the molecule is Cc1ccc(C(O)=C2C(=O)C(=O)N(c3ccc(C)nn3)C2c2ccc(C)cc2C)cc1. The number of aliphatic hydroxyl groups excluding tert-OH is 1. The van der Waals surface area contributed by atoms with Crippen LogP contribution >= 0.6 is 0 Å². The number of rotatable bonds is 3. The topological polar surface area (TPSA) is 83.4 Å². The molecule has 1 aliphatic heterocycles. The van der Waals surface area contributed by atoms with Gasteiger partial charge in [-0.15, -0.1) is 5.10 Å². The van der Waals surface area contributed by atoms with Crippen LogP contribution in [-0.2, 0) is 9.59 Å². The summed E-state index contributed by atoms with van der Waals surface area (Å²) in [5.74, 6) is -1.42. The van der Waals surface area contributed by atoms with Crippen LogP contribution in [0.15, 0.2) is 60.2 Å². The van der Waals surface area contributed by atoms with E-state index in [1.165, 1.54) is 4.90 Å². The Morgan fingerprint density at radius 3 is 2.16 bits per heavy atom. The van der Waals surface area contributed by atoms with Crippen LogP contribution in [0.1, 0.15) is 39.6 Å². The molecule has 31 heavy (non-hydrogen) atoms. The van der Waals surface area contributed by atoms with Crippen LogP contribution in [0, 0.1) is 27.7 Å². The standard InChI is InChI=1S/C25H23N3O3/c1-14-5-9-18(10-6-14)23(29)21-22(19-11-7-15(2)13-16(19)3)28(25(31)24(21)30)20-12-8-17(4)26-27-20/h5-13,22,29H,1-4H3. The molecular formula is C25H23N3O3. The van der Waals surface area contributed by atoms with Crippen LogP contribution in [0.3, 0.4) is 0 Å². The smallest absolute Gasteiger partial charge is 0.301 e. The lowest BCUT2D eigenvalue weighted by Crippen LogP contribution is -2.30. The molecular weight excluding hydrogens is 390 g/mol. The van der Waals surface area contributed by atoms with Crippen molar-refractivity contribution in [2.75, 3.05) is 4.90 Å². The Balaban J connectivity index is 1.97. The van der Waals surface area contributed by atoms with Gasteiger partial charge in [-0.1, -0.05) is 53.6 Å². The summed E-state index contributed by atoms with van der Waals surface area (Å²) in [6.07, 6.45) is 0. The molecule has 3 aromatic rings. The predicted octanol–water partition coefficient (Wildman–Crippen LogP) is 4.34. The highest BCUT2D eigenvalue weighted by molar-refractivity contribution is 6.51. The maximum Gasteiger partial charge on any atom is 0.301 e. The van der Waals surface area contributed by atoms with Crippen molar-refractivity contribution in [3.63, 3.8) is 0 Å². The fourth-order valence-corrected chi connectivity index (χ4v) is 3.88. The number of ketones is 1. The fraction of sp³-hybridized carbons (Fsp3) is 0.200. The third-order valence-electron chi connectivity index (χ3n) is 5.52. The Bertz CT molecular complexity index is 1210. The van der Waals surface area contributed by atoms with Gasteiger partial charge in [0.15, 0.2) is 5.82 Å². The molecule has 6 nitrogen and oxygen atoms in total. The number of amides is 1. The van der Waals surface area contributed by atoms with Gasteiger partial charge in [0.1, 0.15) is 5.76 Å². The zero-order valence-electron chi connectivity index (χ0n) is 17.9. The summed E-state index contributed by atoms with van der Waals surface area (Å²) >= 11 is 0. The molecule has 1 aromatic heterocycles. The van der Waals surface area contributed by atoms with Crippen molar-refractivity contribution in [3.05, 3.63) is 93.7 Å². The number of carbonyl (C=O) groups excluding carboxylic acids is 2. The Kier molecular flexibility index (Phi) is 5.15. The summed E-state index contributed by atoms with van der Waals surface area (Å²) in [5, 5.41) is 19.3. The molecule has 1 unspecified atom stereocenters. The quantitative estimate of drug-likeness (QED) is 0.392. The van der Waals surface area contributed by atoms with E-state index in [1.54, 1.807) is 31.2 Å². The largest absolute Gasteiger partial charge is 0.507 e. The molecule has 0 saturated carbocycles.